The molecule has 0 aromatic carbocycles. The Labute approximate surface area is 74.6 Å². The van der Waals surface area contributed by atoms with Crippen LogP contribution in [0.15, 0.2) is 0 Å². The lowest BCUT2D eigenvalue weighted by Crippen LogP contribution is -2.60. The molecule has 0 spiro atoms. The van der Waals surface area contributed by atoms with Crippen LogP contribution < -0.4 is 10.6 Å². The van der Waals surface area contributed by atoms with Crippen molar-refractivity contribution in [1.82, 2.24) is 10.6 Å². The Balaban J connectivity index is 2.50. The molecule has 1 aliphatic rings. The minimum absolute atomic E-state index is 0.304. The number of hydrogen-bond donors (Lipinski definition) is 2. The first kappa shape index (κ1) is 9.91. The van der Waals surface area contributed by atoms with Crippen LogP contribution in [-0.2, 0) is 9.53 Å². The van der Waals surface area contributed by atoms with Crippen molar-refractivity contribution in [3.05, 3.63) is 0 Å². The van der Waals surface area contributed by atoms with Gasteiger partial charge in [-0.05, 0) is 6.42 Å². The molecule has 0 unspecified atom stereocenters. The van der Waals surface area contributed by atoms with Crippen LogP contribution in [0.2, 0.25) is 0 Å². The highest BCUT2D eigenvalue weighted by Gasteiger charge is 2.35. The van der Waals surface area contributed by atoms with Crippen molar-refractivity contribution >= 4 is 11.9 Å². The summed E-state index contributed by atoms with van der Waals surface area (Å²) < 4.78 is 17.9. The smallest absolute Gasteiger partial charge is 0.323 e. The summed E-state index contributed by atoms with van der Waals surface area (Å²) in [5.74, 6) is -0.954. The van der Waals surface area contributed by atoms with Gasteiger partial charge in [0.05, 0.1) is 0 Å². The highest BCUT2D eigenvalue weighted by atomic mass is 19.1. The maximum absolute atomic E-state index is 13.0. The van der Waals surface area contributed by atoms with Crippen molar-refractivity contribution in [2.24, 2.45) is 0 Å². The van der Waals surface area contributed by atoms with Crippen molar-refractivity contribution in [2.75, 3.05) is 6.61 Å². The van der Waals surface area contributed by atoms with E-state index in [4.69, 9.17) is 4.74 Å². The number of carbonyl (C=O) groups is 2. The Bertz CT molecular complexity index is 222. The molecule has 3 amide bonds. The van der Waals surface area contributed by atoms with Gasteiger partial charge in [-0.2, -0.15) is 0 Å². The standard InChI is InChI=1S/C7H11FN2O3/c1-2-3-13-6-4(8)5(11)9-7(12)10-6/h4,6H,2-3H2,1H3,(H2,9,10,11,12)/t4-,6-/m0/s1. The molecule has 1 rings (SSSR count). The number of imide groups is 1. The first-order chi connectivity index (χ1) is 6.15. The van der Waals surface area contributed by atoms with Crippen LogP contribution in [0.25, 0.3) is 0 Å². The van der Waals surface area contributed by atoms with Crippen molar-refractivity contribution in [2.45, 2.75) is 25.7 Å². The molecule has 13 heavy (non-hydrogen) atoms. The number of urea groups is 1. The summed E-state index contributed by atoms with van der Waals surface area (Å²) in [6, 6.07) is -0.722. The van der Waals surface area contributed by atoms with E-state index in [0.29, 0.717) is 13.0 Å². The van der Waals surface area contributed by atoms with Crippen LogP contribution >= 0.6 is 0 Å². The van der Waals surface area contributed by atoms with Gasteiger partial charge in [0.1, 0.15) is 0 Å². The van der Waals surface area contributed by atoms with Crippen molar-refractivity contribution < 1.29 is 18.7 Å². The molecule has 1 saturated heterocycles. The summed E-state index contributed by atoms with van der Waals surface area (Å²) in [6.07, 6.45) is -2.29. The predicted molar refractivity (Wildman–Crippen MR) is 41.6 cm³/mol. The molecule has 0 radical (unpaired) electrons. The van der Waals surface area contributed by atoms with Gasteiger partial charge < -0.3 is 10.1 Å². The zero-order valence-electron chi connectivity index (χ0n) is 7.17. The maximum Gasteiger partial charge on any atom is 0.323 e. The summed E-state index contributed by atoms with van der Waals surface area (Å²) in [5, 5.41) is 3.95. The molecular weight excluding hydrogens is 179 g/mol. The molecule has 74 valence electrons. The first-order valence-corrected chi connectivity index (χ1v) is 4.02. The highest BCUT2D eigenvalue weighted by Crippen LogP contribution is 2.06. The van der Waals surface area contributed by atoms with Gasteiger partial charge in [0.2, 0.25) is 6.17 Å². The number of ether oxygens (including phenoxy) is 1. The second-order valence-electron chi connectivity index (χ2n) is 2.66. The molecule has 0 aromatic heterocycles. The normalized spacial score (nSPS) is 28.2. The monoisotopic (exact) mass is 190 g/mol. The lowest BCUT2D eigenvalue weighted by molar-refractivity contribution is -0.134. The largest absolute Gasteiger partial charge is 0.355 e. The zero-order chi connectivity index (χ0) is 9.84. The van der Waals surface area contributed by atoms with Crippen LogP contribution in [-0.4, -0.2) is 30.9 Å². The van der Waals surface area contributed by atoms with Crippen molar-refractivity contribution in [1.29, 1.82) is 0 Å². The molecule has 0 aliphatic carbocycles. The Kier molecular flexibility index (Phi) is 3.18. The topological polar surface area (TPSA) is 67.4 Å². The molecule has 2 N–H and O–H groups in total. The maximum atomic E-state index is 13.0. The van der Waals surface area contributed by atoms with Gasteiger partial charge in [0, 0.05) is 6.61 Å². The minimum atomic E-state index is -1.83. The molecule has 2 atom stereocenters. The molecule has 0 aromatic rings. The third-order valence-corrected chi connectivity index (χ3v) is 1.53. The molecular formula is C7H11FN2O3. The van der Waals surface area contributed by atoms with Crippen LogP contribution in [0, 0.1) is 0 Å². The van der Waals surface area contributed by atoms with Crippen LogP contribution in [0.1, 0.15) is 13.3 Å². The lowest BCUT2D eigenvalue weighted by Gasteiger charge is -2.26. The van der Waals surface area contributed by atoms with Crippen LogP contribution in [0.3, 0.4) is 0 Å². The Morgan fingerprint density at radius 1 is 1.54 bits per heavy atom. The molecule has 1 fully saturated rings. The van der Waals surface area contributed by atoms with Gasteiger partial charge in [-0.25, -0.2) is 9.18 Å². The van der Waals surface area contributed by atoms with E-state index in [1.165, 1.54) is 0 Å². The van der Waals surface area contributed by atoms with Crippen LogP contribution in [0.5, 0.6) is 0 Å². The Hall–Kier alpha value is -1.17. The van der Waals surface area contributed by atoms with E-state index in [1.807, 2.05) is 6.92 Å². The molecule has 6 heteroatoms. The summed E-state index contributed by atoms with van der Waals surface area (Å²) in [4.78, 5) is 21.5. The number of nitrogens with one attached hydrogen (secondary N) is 2. The van der Waals surface area contributed by atoms with Gasteiger partial charge in [0.15, 0.2) is 6.23 Å². The SMILES string of the molecule is CCCO[C@@H]1NC(=O)NC(=O)[C@@H]1F. The summed E-state index contributed by atoms with van der Waals surface area (Å²) in [6.45, 7) is 2.15. The summed E-state index contributed by atoms with van der Waals surface area (Å²) in [5.41, 5.74) is 0. The molecule has 0 bridgehead atoms. The van der Waals surface area contributed by atoms with Gasteiger partial charge in [-0.3, -0.25) is 10.1 Å². The average molecular weight is 190 g/mol. The second-order valence-corrected chi connectivity index (χ2v) is 2.66. The van der Waals surface area contributed by atoms with E-state index in [2.05, 4.69) is 5.32 Å². The number of hydrogen-bond acceptors (Lipinski definition) is 3. The van der Waals surface area contributed by atoms with E-state index in [9.17, 15) is 14.0 Å². The summed E-state index contributed by atoms with van der Waals surface area (Å²) in [7, 11) is 0. The zero-order valence-corrected chi connectivity index (χ0v) is 7.17. The third kappa shape index (κ3) is 2.38. The minimum Gasteiger partial charge on any atom is -0.355 e. The fourth-order valence-electron chi connectivity index (χ4n) is 0.928. The van der Waals surface area contributed by atoms with Gasteiger partial charge >= 0.3 is 6.03 Å². The van der Waals surface area contributed by atoms with E-state index in [0.717, 1.165) is 0 Å². The lowest BCUT2D eigenvalue weighted by atomic mass is 10.3. The molecule has 1 heterocycles. The van der Waals surface area contributed by atoms with Gasteiger partial charge in [-0.15, -0.1) is 0 Å². The van der Waals surface area contributed by atoms with E-state index in [-0.39, 0.29) is 0 Å². The quantitative estimate of drug-likeness (QED) is 0.653. The Morgan fingerprint density at radius 2 is 2.23 bits per heavy atom. The number of rotatable bonds is 3. The first-order valence-electron chi connectivity index (χ1n) is 4.02. The molecule has 5 nitrogen and oxygen atoms in total. The number of halogens is 1. The highest BCUT2D eigenvalue weighted by molar-refractivity contribution is 5.99. The number of amides is 3. The second kappa shape index (κ2) is 4.18. The fraction of sp³-hybridized carbons (Fsp3) is 0.714. The predicted octanol–water partition coefficient (Wildman–Crippen LogP) is -0.0834. The van der Waals surface area contributed by atoms with Crippen molar-refractivity contribution in [3.8, 4) is 0 Å². The van der Waals surface area contributed by atoms with Crippen LogP contribution in [0.4, 0.5) is 9.18 Å². The molecule has 1 aliphatic heterocycles. The Morgan fingerprint density at radius 3 is 2.85 bits per heavy atom. The van der Waals surface area contributed by atoms with E-state index < -0.39 is 24.3 Å². The summed E-state index contributed by atoms with van der Waals surface area (Å²) >= 11 is 0. The molecule has 0 saturated carbocycles. The van der Waals surface area contributed by atoms with Crippen molar-refractivity contribution in [3.63, 3.8) is 0 Å². The van der Waals surface area contributed by atoms with Gasteiger partial charge in [0.25, 0.3) is 5.91 Å². The third-order valence-electron chi connectivity index (χ3n) is 1.53. The van der Waals surface area contributed by atoms with E-state index >= 15 is 0 Å². The number of alkyl halides is 1. The fourth-order valence-corrected chi connectivity index (χ4v) is 0.928. The number of carbonyl (C=O) groups excluding carboxylic acids is 2. The van der Waals surface area contributed by atoms with E-state index in [1.54, 1.807) is 5.32 Å². The average Bonchev–Trinajstić information content (AvgIpc) is 2.09. The van der Waals surface area contributed by atoms with Gasteiger partial charge in [-0.1, -0.05) is 6.92 Å².